The van der Waals surface area contributed by atoms with Gasteiger partial charge in [0.05, 0.1) is 5.56 Å². The highest BCUT2D eigenvalue weighted by Gasteiger charge is 2.05. The highest BCUT2D eigenvalue weighted by atomic mass is 35.5. The van der Waals surface area contributed by atoms with E-state index in [-0.39, 0.29) is 5.91 Å². The lowest BCUT2D eigenvalue weighted by Gasteiger charge is -2.05. The van der Waals surface area contributed by atoms with Gasteiger partial charge in [0.15, 0.2) is 0 Å². The summed E-state index contributed by atoms with van der Waals surface area (Å²) in [5.74, 6) is 0.369. The van der Waals surface area contributed by atoms with E-state index >= 15 is 0 Å². The molecule has 92 valence electrons. The van der Waals surface area contributed by atoms with Crippen LogP contribution in [0.15, 0.2) is 43.0 Å². The summed E-state index contributed by atoms with van der Waals surface area (Å²) in [5, 5.41) is 2.78. The van der Waals surface area contributed by atoms with Crippen molar-refractivity contribution in [2.75, 3.05) is 11.2 Å². The Balaban J connectivity index is 2.03. The van der Waals surface area contributed by atoms with Crippen LogP contribution in [0, 0.1) is 0 Å². The fraction of sp³-hybridized carbons (Fsp3) is 0.154. The van der Waals surface area contributed by atoms with Crippen molar-refractivity contribution in [2.45, 2.75) is 6.42 Å². The third-order valence-electron chi connectivity index (χ3n) is 2.42. The summed E-state index contributed by atoms with van der Waals surface area (Å²) in [6.45, 7) is 0. The molecule has 0 spiro atoms. The van der Waals surface area contributed by atoms with Gasteiger partial charge in [-0.25, -0.2) is 9.97 Å². The van der Waals surface area contributed by atoms with Crippen molar-refractivity contribution in [3.8, 4) is 0 Å². The van der Waals surface area contributed by atoms with E-state index in [4.69, 9.17) is 11.6 Å². The molecule has 5 heteroatoms. The lowest BCUT2D eigenvalue weighted by Crippen LogP contribution is -2.12. The second kappa shape index (κ2) is 6.12. The van der Waals surface area contributed by atoms with E-state index in [0.717, 1.165) is 17.7 Å². The molecule has 0 atom stereocenters. The second-order valence-electron chi connectivity index (χ2n) is 3.72. The van der Waals surface area contributed by atoms with E-state index in [2.05, 4.69) is 15.3 Å². The van der Waals surface area contributed by atoms with Crippen LogP contribution in [0.4, 0.5) is 5.69 Å². The zero-order chi connectivity index (χ0) is 12.8. The van der Waals surface area contributed by atoms with Gasteiger partial charge in [0.2, 0.25) is 0 Å². The number of halogens is 1. The summed E-state index contributed by atoms with van der Waals surface area (Å²) in [5.41, 5.74) is 2.32. The molecule has 0 unspecified atom stereocenters. The second-order valence-corrected chi connectivity index (χ2v) is 4.10. The minimum Gasteiger partial charge on any atom is -0.322 e. The van der Waals surface area contributed by atoms with Crippen molar-refractivity contribution >= 4 is 23.2 Å². The van der Waals surface area contributed by atoms with Gasteiger partial charge in [-0.05, 0) is 24.1 Å². The highest BCUT2D eigenvalue weighted by molar-refractivity contribution is 6.18. The molecule has 0 fully saturated rings. The van der Waals surface area contributed by atoms with Crippen LogP contribution in [-0.2, 0) is 6.42 Å². The van der Waals surface area contributed by atoms with Crippen LogP contribution >= 0.6 is 11.6 Å². The Labute approximate surface area is 110 Å². The fourth-order valence-corrected chi connectivity index (χ4v) is 1.70. The van der Waals surface area contributed by atoms with E-state index in [1.54, 1.807) is 0 Å². The Morgan fingerprint density at radius 1 is 1.17 bits per heavy atom. The monoisotopic (exact) mass is 261 g/mol. The van der Waals surface area contributed by atoms with Gasteiger partial charge in [-0.15, -0.1) is 11.6 Å². The van der Waals surface area contributed by atoms with Crippen LogP contribution < -0.4 is 5.32 Å². The average molecular weight is 262 g/mol. The number of benzene rings is 1. The average Bonchev–Trinajstić information content (AvgIpc) is 2.42. The van der Waals surface area contributed by atoms with Crippen molar-refractivity contribution in [1.29, 1.82) is 0 Å². The molecule has 1 aromatic heterocycles. The van der Waals surface area contributed by atoms with Gasteiger partial charge >= 0.3 is 0 Å². The van der Waals surface area contributed by atoms with Gasteiger partial charge in [-0.1, -0.05) is 12.1 Å². The summed E-state index contributed by atoms with van der Waals surface area (Å²) < 4.78 is 0. The number of rotatable bonds is 4. The number of anilines is 1. The molecule has 1 heterocycles. The summed E-state index contributed by atoms with van der Waals surface area (Å²) >= 11 is 5.66. The molecular formula is C13H12ClN3O. The minimum atomic E-state index is -0.222. The number of nitrogens with zero attached hydrogens (tertiary/aromatic N) is 2. The first-order valence-electron chi connectivity index (χ1n) is 5.51. The molecule has 0 aliphatic heterocycles. The van der Waals surface area contributed by atoms with Crippen LogP contribution in [0.2, 0.25) is 0 Å². The summed E-state index contributed by atoms with van der Waals surface area (Å²) in [6, 6.07) is 7.59. The molecule has 0 saturated carbocycles. The molecule has 0 aliphatic carbocycles. The van der Waals surface area contributed by atoms with Gasteiger partial charge in [-0.3, -0.25) is 4.79 Å². The zero-order valence-corrected chi connectivity index (χ0v) is 10.4. The molecular weight excluding hydrogens is 250 g/mol. The van der Waals surface area contributed by atoms with Gasteiger partial charge in [0, 0.05) is 24.0 Å². The van der Waals surface area contributed by atoms with E-state index in [0.29, 0.717) is 11.4 Å². The molecule has 2 rings (SSSR count). The molecule has 4 nitrogen and oxygen atoms in total. The highest BCUT2D eigenvalue weighted by Crippen LogP contribution is 2.11. The van der Waals surface area contributed by atoms with Crippen LogP contribution in [0.25, 0.3) is 0 Å². The molecule has 1 N–H and O–H groups in total. The predicted octanol–water partition coefficient (Wildman–Crippen LogP) is 2.51. The van der Waals surface area contributed by atoms with Gasteiger partial charge in [0.25, 0.3) is 5.91 Å². The Morgan fingerprint density at radius 3 is 2.44 bits per heavy atom. The normalized spacial score (nSPS) is 10.1. The molecule has 18 heavy (non-hydrogen) atoms. The number of hydrogen-bond donors (Lipinski definition) is 1. The maximum atomic E-state index is 11.8. The molecule has 0 saturated heterocycles. The lowest BCUT2D eigenvalue weighted by molar-refractivity contribution is 0.102. The third kappa shape index (κ3) is 3.28. The van der Waals surface area contributed by atoms with E-state index in [1.807, 2.05) is 24.3 Å². The van der Waals surface area contributed by atoms with Gasteiger partial charge < -0.3 is 5.32 Å². The number of aryl methyl sites for hydroxylation is 1. The van der Waals surface area contributed by atoms with E-state index in [9.17, 15) is 4.79 Å². The largest absolute Gasteiger partial charge is 0.322 e. The first kappa shape index (κ1) is 12.5. The standard InChI is InChI=1S/C13H12ClN3O/c14-6-5-10-1-3-12(4-2-10)17-13(18)11-7-15-9-16-8-11/h1-4,7-9H,5-6H2,(H,17,18). The van der Waals surface area contributed by atoms with E-state index < -0.39 is 0 Å². The summed E-state index contributed by atoms with van der Waals surface area (Å²) in [7, 11) is 0. The van der Waals surface area contributed by atoms with Crippen LogP contribution in [0.3, 0.4) is 0 Å². The van der Waals surface area contributed by atoms with Crippen LogP contribution in [0.5, 0.6) is 0 Å². The number of nitrogens with one attached hydrogen (secondary N) is 1. The summed E-state index contributed by atoms with van der Waals surface area (Å²) in [4.78, 5) is 19.4. The molecule has 1 amide bonds. The number of carbonyl (C=O) groups excluding carboxylic acids is 1. The molecule has 1 aromatic carbocycles. The van der Waals surface area contributed by atoms with E-state index in [1.165, 1.54) is 18.7 Å². The SMILES string of the molecule is O=C(Nc1ccc(CCCl)cc1)c1cncnc1. The lowest BCUT2D eigenvalue weighted by atomic mass is 10.1. The van der Waals surface area contributed by atoms with Crippen molar-refractivity contribution in [3.63, 3.8) is 0 Å². The molecule has 0 bridgehead atoms. The Bertz CT molecular complexity index is 514. The molecule has 0 radical (unpaired) electrons. The minimum absolute atomic E-state index is 0.222. The Hall–Kier alpha value is -1.94. The predicted molar refractivity (Wildman–Crippen MR) is 70.9 cm³/mol. The maximum Gasteiger partial charge on any atom is 0.258 e. The maximum absolute atomic E-state index is 11.8. The number of amides is 1. The number of hydrogen-bond acceptors (Lipinski definition) is 3. The van der Waals surface area contributed by atoms with Crippen molar-refractivity contribution in [3.05, 3.63) is 54.1 Å². The third-order valence-corrected chi connectivity index (χ3v) is 2.61. The summed E-state index contributed by atoms with van der Waals surface area (Å²) in [6.07, 6.45) is 5.16. The quantitative estimate of drug-likeness (QED) is 0.861. The van der Waals surface area contributed by atoms with Crippen molar-refractivity contribution in [2.24, 2.45) is 0 Å². The Morgan fingerprint density at radius 2 is 1.83 bits per heavy atom. The smallest absolute Gasteiger partial charge is 0.258 e. The Kier molecular flexibility index (Phi) is 4.25. The fourth-order valence-electron chi connectivity index (χ4n) is 1.48. The van der Waals surface area contributed by atoms with Crippen LogP contribution in [0.1, 0.15) is 15.9 Å². The number of carbonyl (C=O) groups is 1. The number of alkyl halides is 1. The van der Waals surface area contributed by atoms with Crippen LogP contribution in [-0.4, -0.2) is 21.8 Å². The first-order valence-corrected chi connectivity index (χ1v) is 6.04. The topological polar surface area (TPSA) is 54.9 Å². The molecule has 0 aliphatic rings. The zero-order valence-electron chi connectivity index (χ0n) is 9.64. The van der Waals surface area contributed by atoms with Gasteiger partial charge in [0.1, 0.15) is 6.33 Å². The van der Waals surface area contributed by atoms with Gasteiger partial charge in [-0.2, -0.15) is 0 Å². The van der Waals surface area contributed by atoms with Crippen molar-refractivity contribution < 1.29 is 4.79 Å². The number of aromatic nitrogens is 2. The first-order chi connectivity index (χ1) is 8.79. The molecule has 2 aromatic rings. The van der Waals surface area contributed by atoms with Crippen molar-refractivity contribution in [1.82, 2.24) is 9.97 Å².